The van der Waals surface area contributed by atoms with Crippen LogP contribution in [0.1, 0.15) is 41.5 Å². The number of nitrogens with zero attached hydrogens (tertiary/aromatic N) is 1. The first-order valence-corrected chi connectivity index (χ1v) is 4.96. The second-order valence-corrected chi connectivity index (χ2v) is 4.71. The Balaban J connectivity index is 4.82. The molecule has 0 atom stereocenters. The number of hydrogen-bond acceptors (Lipinski definition) is 5. The molecular weight excluding hydrogens is 212 g/mol. The Morgan fingerprint density at radius 2 is 1.62 bits per heavy atom. The molecule has 16 heavy (non-hydrogen) atoms. The summed E-state index contributed by atoms with van der Waals surface area (Å²) in [6.07, 6.45) is 0. The minimum Gasteiger partial charge on any atom is -0.370 e. The number of rotatable bonds is 4. The molecule has 0 unspecified atom stereocenters. The fourth-order valence-electron chi connectivity index (χ4n) is 0.983. The van der Waals surface area contributed by atoms with Crippen LogP contribution in [0.5, 0.6) is 0 Å². The van der Waals surface area contributed by atoms with Crippen molar-refractivity contribution in [2.75, 3.05) is 0 Å². The average Bonchev–Trinajstić information content (AvgIpc) is 2.13. The fourth-order valence-corrected chi connectivity index (χ4v) is 0.983. The fraction of sp³-hybridized carbons (Fsp3) is 0.800. The zero-order valence-electron chi connectivity index (χ0n) is 10.6. The molecule has 0 radical (unpaired) electrons. The van der Waals surface area contributed by atoms with E-state index in [1.807, 2.05) is 0 Å². The van der Waals surface area contributed by atoms with Gasteiger partial charge in [0.2, 0.25) is 5.91 Å². The lowest BCUT2D eigenvalue weighted by Crippen LogP contribution is -2.64. The van der Waals surface area contributed by atoms with Gasteiger partial charge in [-0.15, -0.1) is 5.48 Å². The van der Waals surface area contributed by atoms with Crippen LogP contribution in [0.2, 0.25) is 0 Å². The third-order valence-electron chi connectivity index (χ3n) is 2.81. The van der Waals surface area contributed by atoms with Crippen molar-refractivity contribution >= 4 is 11.9 Å². The van der Waals surface area contributed by atoms with Crippen molar-refractivity contribution in [2.24, 2.45) is 0 Å². The first kappa shape index (κ1) is 14.9. The average molecular weight is 232 g/mol. The van der Waals surface area contributed by atoms with Gasteiger partial charge in [0.15, 0.2) is 0 Å². The summed E-state index contributed by atoms with van der Waals surface area (Å²) in [5.41, 5.74) is 0.788. The van der Waals surface area contributed by atoms with Crippen LogP contribution in [-0.2, 0) is 14.4 Å². The Kier molecular flexibility index (Phi) is 4.45. The Bertz CT molecular complexity index is 287. The molecule has 0 bridgehead atoms. The van der Waals surface area contributed by atoms with Gasteiger partial charge in [-0.25, -0.2) is 5.06 Å². The third-order valence-corrected chi connectivity index (χ3v) is 2.81. The lowest BCUT2D eigenvalue weighted by Gasteiger charge is -2.44. The minimum atomic E-state index is -0.936. The molecule has 0 aromatic rings. The maximum Gasteiger partial charge on any atom is 0.321 e. The lowest BCUT2D eigenvalue weighted by molar-refractivity contribution is -0.208. The van der Waals surface area contributed by atoms with E-state index in [-0.39, 0.29) is 0 Å². The monoisotopic (exact) mass is 232 g/mol. The molecule has 0 aliphatic heterocycles. The maximum atomic E-state index is 11.1. The molecule has 0 aromatic carbocycles. The number of amides is 1. The minimum absolute atomic E-state index is 0.484. The van der Waals surface area contributed by atoms with Crippen LogP contribution in [0.4, 0.5) is 0 Å². The van der Waals surface area contributed by atoms with Gasteiger partial charge in [-0.2, -0.15) is 0 Å². The first-order chi connectivity index (χ1) is 7.02. The molecular formula is C10H20N2O4. The van der Waals surface area contributed by atoms with Crippen LogP contribution in [0.15, 0.2) is 0 Å². The smallest absolute Gasteiger partial charge is 0.321 e. The highest BCUT2D eigenvalue weighted by molar-refractivity contribution is 5.72. The maximum absolute atomic E-state index is 11.1. The normalized spacial score (nSPS) is 12.2. The molecule has 0 spiro atoms. The predicted octanol–water partition coefficient (Wildman–Crippen LogP) is 0.849. The topological polar surface area (TPSA) is 78.9 Å². The number of hydrogen-bond donors (Lipinski definition) is 2. The standard InChI is InChI=1S/C10H20N2O4/c1-7(13)12(15)10(5,6)9(3,4)11-16-8(2)14/h11,15H,1-6H3. The van der Waals surface area contributed by atoms with E-state index in [1.54, 1.807) is 27.7 Å². The van der Waals surface area contributed by atoms with Gasteiger partial charge in [-0.05, 0) is 27.7 Å². The van der Waals surface area contributed by atoms with Gasteiger partial charge in [0.25, 0.3) is 0 Å². The highest BCUT2D eigenvalue weighted by Gasteiger charge is 2.44. The zero-order chi connectivity index (χ0) is 13.1. The van der Waals surface area contributed by atoms with Crippen molar-refractivity contribution in [3.63, 3.8) is 0 Å². The molecule has 1 amide bonds. The quantitative estimate of drug-likeness (QED) is 0.555. The van der Waals surface area contributed by atoms with Gasteiger partial charge in [0.1, 0.15) is 0 Å². The van der Waals surface area contributed by atoms with E-state index in [4.69, 9.17) is 0 Å². The first-order valence-electron chi connectivity index (χ1n) is 4.96. The summed E-state index contributed by atoms with van der Waals surface area (Å²) in [6, 6.07) is 0. The van der Waals surface area contributed by atoms with E-state index in [2.05, 4.69) is 10.3 Å². The van der Waals surface area contributed by atoms with Gasteiger partial charge in [0.05, 0.1) is 11.1 Å². The summed E-state index contributed by atoms with van der Waals surface area (Å²) < 4.78 is 0. The second kappa shape index (κ2) is 4.80. The van der Waals surface area contributed by atoms with Gasteiger partial charge in [-0.1, -0.05) is 0 Å². The van der Waals surface area contributed by atoms with Crippen LogP contribution >= 0.6 is 0 Å². The van der Waals surface area contributed by atoms with E-state index >= 15 is 0 Å². The summed E-state index contributed by atoms with van der Waals surface area (Å²) in [4.78, 5) is 26.5. The summed E-state index contributed by atoms with van der Waals surface area (Å²) >= 11 is 0. The van der Waals surface area contributed by atoms with E-state index in [0.29, 0.717) is 5.06 Å². The van der Waals surface area contributed by atoms with Crippen molar-refractivity contribution in [2.45, 2.75) is 52.6 Å². The highest BCUT2D eigenvalue weighted by atomic mass is 16.7. The largest absolute Gasteiger partial charge is 0.370 e. The molecule has 0 saturated carbocycles. The van der Waals surface area contributed by atoms with Gasteiger partial charge >= 0.3 is 5.97 Å². The number of hydroxylamine groups is 3. The lowest BCUT2D eigenvalue weighted by atomic mass is 9.83. The third kappa shape index (κ3) is 3.18. The molecule has 2 N–H and O–H groups in total. The summed E-state index contributed by atoms with van der Waals surface area (Å²) in [6.45, 7) is 9.25. The number of nitrogens with one attached hydrogen (secondary N) is 1. The molecule has 0 aromatic heterocycles. The Hall–Kier alpha value is -1.14. The van der Waals surface area contributed by atoms with Crippen LogP contribution in [-0.4, -0.2) is 33.2 Å². The summed E-state index contributed by atoms with van der Waals surface area (Å²) in [5, 5.41) is 10.3. The second-order valence-electron chi connectivity index (χ2n) is 4.71. The van der Waals surface area contributed by atoms with Crippen LogP contribution in [0, 0.1) is 0 Å². The molecule has 6 heteroatoms. The van der Waals surface area contributed by atoms with Crippen molar-refractivity contribution in [3.8, 4) is 0 Å². The molecule has 0 aliphatic rings. The molecule has 0 saturated heterocycles. The number of carbonyl (C=O) groups excluding carboxylic acids is 2. The van der Waals surface area contributed by atoms with Gasteiger partial charge in [-0.3, -0.25) is 14.8 Å². The molecule has 94 valence electrons. The number of carbonyl (C=O) groups is 2. The van der Waals surface area contributed by atoms with E-state index < -0.39 is 23.0 Å². The van der Waals surface area contributed by atoms with Crippen molar-refractivity contribution in [3.05, 3.63) is 0 Å². The summed E-state index contributed by atoms with van der Waals surface area (Å²) in [7, 11) is 0. The van der Waals surface area contributed by atoms with Gasteiger partial charge in [0, 0.05) is 13.8 Å². The van der Waals surface area contributed by atoms with Crippen molar-refractivity contribution in [1.82, 2.24) is 10.5 Å². The van der Waals surface area contributed by atoms with E-state index in [9.17, 15) is 14.8 Å². The highest BCUT2D eigenvalue weighted by Crippen LogP contribution is 2.26. The Morgan fingerprint density at radius 3 is 1.94 bits per heavy atom. The SMILES string of the molecule is CC(=O)ONC(C)(C)C(C)(C)N(O)C(C)=O. The predicted molar refractivity (Wildman–Crippen MR) is 57.4 cm³/mol. The Morgan fingerprint density at radius 1 is 1.19 bits per heavy atom. The molecule has 0 fully saturated rings. The molecule has 0 rings (SSSR count). The zero-order valence-corrected chi connectivity index (χ0v) is 10.6. The van der Waals surface area contributed by atoms with Gasteiger partial charge < -0.3 is 4.84 Å². The van der Waals surface area contributed by atoms with Crippen molar-refractivity contribution in [1.29, 1.82) is 0 Å². The van der Waals surface area contributed by atoms with Crippen molar-refractivity contribution < 1.29 is 19.6 Å². The molecule has 0 aliphatic carbocycles. The molecule has 6 nitrogen and oxygen atoms in total. The van der Waals surface area contributed by atoms with Crippen LogP contribution in [0.3, 0.4) is 0 Å². The Labute approximate surface area is 95.5 Å². The van der Waals surface area contributed by atoms with E-state index in [1.165, 1.54) is 13.8 Å². The van der Waals surface area contributed by atoms with Crippen LogP contribution in [0.25, 0.3) is 0 Å². The van der Waals surface area contributed by atoms with E-state index in [0.717, 1.165) is 0 Å². The summed E-state index contributed by atoms with van der Waals surface area (Å²) in [5.74, 6) is -0.973. The molecule has 0 heterocycles. The van der Waals surface area contributed by atoms with Crippen LogP contribution < -0.4 is 5.48 Å².